The van der Waals surface area contributed by atoms with E-state index in [1.54, 1.807) is 11.3 Å². The zero-order valence-electron chi connectivity index (χ0n) is 28.6. The van der Waals surface area contributed by atoms with Gasteiger partial charge < -0.3 is 26.3 Å². The number of hydrogen-bond acceptors (Lipinski definition) is 5. The molecule has 1 saturated carbocycles. The molecule has 5 atom stereocenters. The van der Waals surface area contributed by atoms with Crippen molar-refractivity contribution in [2.75, 3.05) is 26.2 Å². The maximum absolute atomic E-state index is 14.1. The van der Waals surface area contributed by atoms with E-state index in [0.29, 0.717) is 36.2 Å². The van der Waals surface area contributed by atoms with E-state index in [1.165, 1.54) is 22.3 Å². The number of ketones is 1. The molecule has 2 aliphatic heterocycles. The molecule has 1 aromatic carbocycles. The van der Waals surface area contributed by atoms with Gasteiger partial charge in [0.2, 0.25) is 5.96 Å². The molecule has 2 bridgehead atoms. The average molecular weight is 666 g/mol. The molecule has 4 unspecified atom stereocenters. The number of hydrogen-bond donors (Lipinski definition) is 4. The lowest BCUT2D eigenvalue weighted by Gasteiger charge is -2.27. The highest BCUT2D eigenvalue weighted by atomic mass is 32.1. The van der Waals surface area contributed by atoms with Gasteiger partial charge in [-0.05, 0) is 106 Å². The summed E-state index contributed by atoms with van der Waals surface area (Å²) in [6, 6.07) is 12.6. The predicted molar refractivity (Wildman–Crippen MR) is 194 cm³/mol. The average Bonchev–Trinajstić information content (AvgIpc) is 3.89. The summed E-state index contributed by atoms with van der Waals surface area (Å²) >= 11 is 1.71. The van der Waals surface area contributed by atoms with E-state index in [4.69, 9.17) is 5.73 Å². The third-order valence-electron chi connectivity index (χ3n) is 10.9. The van der Waals surface area contributed by atoms with Crippen LogP contribution in [0.1, 0.15) is 79.0 Å². The minimum absolute atomic E-state index is 0.0439. The van der Waals surface area contributed by atoms with Gasteiger partial charge in [0.1, 0.15) is 10.6 Å². The van der Waals surface area contributed by atoms with E-state index in [2.05, 4.69) is 102 Å². The summed E-state index contributed by atoms with van der Waals surface area (Å²) in [4.78, 5) is 42.7. The minimum atomic E-state index is -0.710. The molecule has 2 saturated heterocycles. The zero-order chi connectivity index (χ0) is 33.7. The Morgan fingerprint density at radius 3 is 2.52 bits per heavy atom. The third kappa shape index (κ3) is 6.05. The first-order valence-electron chi connectivity index (χ1n) is 17.3. The van der Waals surface area contributed by atoms with Crippen LogP contribution in [0.2, 0.25) is 0 Å². The van der Waals surface area contributed by atoms with Crippen LogP contribution < -0.4 is 16.4 Å². The number of carbonyl (C=O) groups is 2. The lowest BCUT2D eigenvalue weighted by atomic mass is 9.76. The maximum Gasteiger partial charge on any atom is 0.341 e. The van der Waals surface area contributed by atoms with Crippen LogP contribution in [0.4, 0.5) is 4.79 Å². The van der Waals surface area contributed by atoms with Crippen LogP contribution in [0.3, 0.4) is 0 Å². The van der Waals surface area contributed by atoms with Crippen LogP contribution in [0, 0.1) is 25.7 Å². The second-order valence-electron chi connectivity index (χ2n) is 14.8. The van der Waals surface area contributed by atoms with Crippen LogP contribution in [0.5, 0.6) is 0 Å². The summed E-state index contributed by atoms with van der Waals surface area (Å²) < 4.78 is 0. The molecular weight excluding hydrogens is 619 g/mol. The second kappa shape index (κ2) is 12.8. The topological polar surface area (TPSA) is 128 Å². The number of aromatic amines is 1. The van der Waals surface area contributed by atoms with E-state index in [9.17, 15) is 9.59 Å². The summed E-state index contributed by atoms with van der Waals surface area (Å²) in [6.07, 6.45) is 6.85. The fraction of sp³-hybridized carbons (Fsp3) is 0.474. The van der Waals surface area contributed by atoms with Crippen molar-refractivity contribution in [2.24, 2.45) is 22.6 Å². The molecule has 9 nitrogen and oxygen atoms in total. The Hall–Kier alpha value is -4.02. The first-order chi connectivity index (χ1) is 23.0. The molecule has 3 aliphatic rings. The molecule has 5 heterocycles. The lowest BCUT2D eigenvalue weighted by molar-refractivity contribution is -0.128. The van der Waals surface area contributed by atoms with Crippen molar-refractivity contribution in [2.45, 2.75) is 77.2 Å². The Labute approximate surface area is 286 Å². The van der Waals surface area contributed by atoms with Gasteiger partial charge in [0.15, 0.2) is 0 Å². The fourth-order valence-corrected chi connectivity index (χ4v) is 9.66. The highest BCUT2D eigenvalue weighted by molar-refractivity contribution is 7.19. The number of rotatable bonds is 8. The maximum atomic E-state index is 14.1. The van der Waals surface area contributed by atoms with Crippen LogP contribution in [-0.2, 0) is 10.2 Å². The highest BCUT2D eigenvalue weighted by Gasteiger charge is 2.50. The van der Waals surface area contributed by atoms with Crippen molar-refractivity contribution < 1.29 is 9.59 Å². The molecule has 0 radical (unpaired) electrons. The van der Waals surface area contributed by atoms with Crippen LogP contribution in [0.25, 0.3) is 21.5 Å². The van der Waals surface area contributed by atoms with Gasteiger partial charge in [-0.3, -0.25) is 9.78 Å². The standard InChI is InChI=1S/C38H47N7O2S/c1-21-14-22(2)16-27(15-21)33-31(23(3)18-42-37(44-36(39)47)45-13-10-26(20-45)24-8-11-40-12-9-24)28-17-30(48-35(28)43-33)38(4,5)34(46)32-25-6-7-29(32)41-19-25/h8-9,11-12,14-17,23,25-26,29,32,41,43H,6-7,10,13,18-20H2,1-5H3,(H3,39,42,44,47)/t23-,25?,26?,29?,32?/m1/s1. The Morgan fingerprint density at radius 1 is 1.12 bits per heavy atom. The monoisotopic (exact) mass is 665 g/mol. The molecule has 5 N–H and O–H groups in total. The molecule has 7 rings (SSSR count). The van der Waals surface area contributed by atoms with Gasteiger partial charge >= 0.3 is 6.03 Å². The highest BCUT2D eigenvalue weighted by Crippen LogP contribution is 2.46. The number of H-pyrrole nitrogens is 1. The number of piperidine rings is 1. The Kier molecular flexibility index (Phi) is 8.66. The van der Waals surface area contributed by atoms with E-state index in [-0.39, 0.29) is 11.8 Å². The minimum Gasteiger partial charge on any atom is -0.355 e. The van der Waals surface area contributed by atoms with Gasteiger partial charge in [0.25, 0.3) is 0 Å². The van der Waals surface area contributed by atoms with E-state index < -0.39 is 11.4 Å². The lowest BCUT2D eigenvalue weighted by Crippen LogP contribution is -2.42. The van der Waals surface area contributed by atoms with Crippen molar-refractivity contribution in [3.63, 3.8) is 0 Å². The fourth-order valence-electron chi connectivity index (χ4n) is 8.48. The van der Waals surface area contributed by atoms with Crippen molar-refractivity contribution in [3.05, 3.63) is 75.9 Å². The third-order valence-corrected chi connectivity index (χ3v) is 12.3. The Balaban J connectivity index is 1.19. The van der Waals surface area contributed by atoms with Crippen molar-refractivity contribution in [3.8, 4) is 11.3 Å². The molecule has 48 heavy (non-hydrogen) atoms. The number of amides is 2. The second-order valence-corrected chi connectivity index (χ2v) is 15.8. The number of thiophene rings is 1. The molecule has 10 heteroatoms. The van der Waals surface area contributed by atoms with Crippen LogP contribution >= 0.6 is 11.3 Å². The summed E-state index contributed by atoms with van der Waals surface area (Å²) in [6.45, 7) is 13.7. The SMILES string of the molecule is Cc1cc(C)cc(-c2[nH]c3sc(C(C)(C)C(=O)C4C5CCC4NC5)cc3c2[C@H](C)CNC(=NC(N)=O)N2CCC(c3ccncc3)C2)c1. The quantitative estimate of drug-likeness (QED) is 0.128. The zero-order valence-corrected chi connectivity index (χ0v) is 29.4. The number of carbonyl (C=O) groups excluding carboxylic acids is 2. The first-order valence-corrected chi connectivity index (χ1v) is 18.1. The molecular formula is C38H47N7O2S. The normalized spacial score (nSPS) is 23.3. The molecule has 3 fully saturated rings. The van der Waals surface area contributed by atoms with Crippen molar-refractivity contribution in [1.29, 1.82) is 0 Å². The number of urea groups is 1. The summed E-state index contributed by atoms with van der Waals surface area (Å²) in [5.74, 6) is 1.80. The van der Waals surface area contributed by atoms with Gasteiger partial charge in [-0.2, -0.15) is 4.99 Å². The Bertz CT molecular complexity index is 1840. The molecule has 252 valence electrons. The smallest absolute Gasteiger partial charge is 0.341 e. The van der Waals surface area contributed by atoms with Crippen LogP contribution in [0.15, 0.2) is 53.8 Å². The number of fused-ring (bicyclic) bond motifs is 3. The predicted octanol–water partition coefficient (Wildman–Crippen LogP) is 6.37. The molecule has 0 spiro atoms. The van der Waals surface area contributed by atoms with Gasteiger partial charge in [-0.1, -0.05) is 24.1 Å². The van der Waals surface area contributed by atoms with E-state index in [0.717, 1.165) is 65.2 Å². The number of aromatic nitrogens is 2. The number of pyridine rings is 1. The number of nitrogens with zero attached hydrogens (tertiary/aromatic N) is 3. The summed E-state index contributed by atoms with van der Waals surface area (Å²) in [5.41, 5.74) is 12.1. The molecule has 2 amide bonds. The molecule has 3 aromatic heterocycles. The number of primary amides is 1. The first kappa shape index (κ1) is 32.5. The van der Waals surface area contributed by atoms with Gasteiger partial charge in [-0.15, -0.1) is 11.3 Å². The summed E-state index contributed by atoms with van der Waals surface area (Å²) in [7, 11) is 0. The number of aryl methyl sites for hydroxylation is 2. The number of nitrogens with one attached hydrogen (secondary N) is 3. The molecule has 4 aromatic rings. The summed E-state index contributed by atoms with van der Waals surface area (Å²) in [5, 5.41) is 8.25. The number of nitrogens with two attached hydrogens (primary N) is 1. The van der Waals surface area contributed by atoms with Crippen molar-refractivity contribution >= 4 is 39.3 Å². The molecule has 1 aliphatic carbocycles. The Morgan fingerprint density at radius 2 is 1.88 bits per heavy atom. The number of guanidine groups is 1. The number of benzene rings is 1. The van der Waals surface area contributed by atoms with Crippen molar-refractivity contribution in [1.82, 2.24) is 25.5 Å². The number of aliphatic imine (C=N–C) groups is 1. The number of Topliss-reactive ketones (excluding diaryl/α,β-unsaturated/α-hetero) is 1. The number of likely N-dealkylation sites (tertiary alicyclic amines) is 1. The van der Waals surface area contributed by atoms with Gasteiger partial charge in [-0.25, -0.2) is 4.79 Å². The van der Waals surface area contributed by atoms with Gasteiger partial charge in [0.05, 0.1) is 11.1 Å². The van der Waals surface area contributed by atoms with E-state index in [1.807, 2.05) is 12.4 Å². The van der Waals surface area contributed by atoms with E-state index >= 15 is 0 Å². The largest absolute Gasteiger partial charge is 0.355 e. The van der Waals surface area contributed by atoms with Gasteiger partial charge in [0, 0.05) is 66.1 Å². The van der Waals surface area contributed by atoms with Crippen LogP contribution in [-0.4, -0.2) is 64.9 Å².